The largest absolute Gasteiger partial charge is 0.458 e. The third-order valence-electron chi connectivity index (χ3n) is 12.5. The summed E-state index contributed by atoms with van der Waals surface area (Å²) < 4.78 is 35.1. The average molecular weight is 675 g/mol. The van der Waals surface area contributed by atoms with Crippen LogP contribution in [0.2, 0.25) is 0 Å². The number of carbonyl (C=O) groups is 1. The van der Waals surface area contributed by atoms with Gasteiger partial charge in [-0.25, -0.2) is 4.79 Å². The Morgan fingerprint density at radius 2 is 1.65 bits per heavy atom. The molecule has 3 fully saturated rings. The van der Waals surface area contributed by atoms with Gasteiger partial charge in [0, 0.05) is 24.2 Å². The Kier molecular flexibility index (Phi) is 9.32. The molecular formula is C36H50O12. The van der Waals surface area contributed by atoms with Gasteiger partial charge in [-0.2, -0.15) is 0 Å². The van der Waals surface area contributed by atoms with Crippen molar-refractivity contribution in [1.29, 1.82) is 0 Å². The van der Waals surface area contributed by atoms with Gasteiger partial charge in [0.1, 0.15) is 49.3 Å². The predicted molar refractivity (Wildman–Crippen MR) is 169 cm³/mol. The summed E-state index contributed by atoms with van der Waals surface area (Å²) in [6, 6.07) is 0. The van der Waals surface area contributed by atoms with Crippen LogP contribution in [0.15, 0.2) is 46.1 Å². The van der Waals surface area contributed by atoms with Gasteiger partial charge in [0.2, 0.25) is 0 Å². The van der Waals surface area contributed by atoms with Crippen LogP contribution in [0.3, 0.4) is 0 Å². The number of allylic oxidation sites excluding steroid dienone is 5. The van der Waals surface area contributed by atoms with Gasteiger partial charge in [-0.3, -0.25) is 0 Å². The number of methoxy groups -OCH3 is 1. The summed E-state index contributed by atoms with van der Waals surface area (Å²) in [7, 11) is 1.44. The fourth-order valence-corrected chi connectivity index (χ4v) is 9.70. The lowest BCUT2D eigenvalue weighted by atomic mass is 9.52. The third kappa shape index (κ3) is 5.57. The van der Waals surface area contributed by atoms with Crippen molar-refractivity contribution in [3.63, 3.8) is 0 Å². The van der Waals surface area contributed by atoms with Gasteiger partial charge in [0.25, 0.3) is 0 Å². The van der Waals surface area contributed by atoms with Crippen molar-refractivity contribution in [3.05, 3.63) is 46.1 Å². The summed E-state index contributed by atoms with van der Waals surface area (Å²) in [5.41, 5.74) is 6.63. The van der Waals surface area contributed by atoms with E-state index in [1.807, 2.05) is 0 Å². The van der Waals surface area contributed by atoms with Crippen molar-refractivity contribution in [3.8, 4) is 0 Å². The maximum Gasteiger partial charge on any atom is 0.331 e. The monoisotopic (exact) mass is 674 g/mol. The van der Waals surface area contributed by atoms with E-state index in [4.69, 9.17) is 28.4 Å². The van der Waals surface area contributed by atoms with E-state index in [-0.39, 0.29) is 22.9 Å². The highest BCUT2D eigenvalue weighted by molar-refractivity contribution is 5.87. The van der Waals surface area contributed by atoms with Crippen LogP contribution in [-0.4, -0.2) is 119 Å². The second-order valence-electron chi connectivity index (χ2n) is 15.1. The van der Waals surface area contributed by atoms with Crippen LogP contribution in [0.4, 0.5) is 0 Å². The van der Waals surface area contributed by atoms with Crippen LogP contribution < -0.4 is 0 Å². The first-order valence-electron chi connectivity index (χ1n) is 17.4. The van der Waals surface area contributed by atoms with Crippen LogP contribution in [-0.2, 0) is 33.2 Å². The van der Waals surface area contributed by atoms with E-state index in [1.165, 1.54) is 23.8 Å². The predicted octanol–water partition coefficient (Wildman–Crippen LogP) is 1.72. The summed E-state index contributed by atoms with van der Waals surface area (Å²) in [5.74, 6) is 0.168. The van der Waals surface area contributed by atoms with E-state index in [0.29, 0.717) is 12.5 Å². The van der Waals surface area contributed by atoms with Gasteiger partial charge >= 0.3 is 5.97 Å². The smallest absolute Gasteiger partial charge is 0.331 e. The van der Waals surface area contributed by atoms with Crippen LogP contribution in [0.1, 0.15) is 65.7 Å². The number of ether oxygens (including phenoxy) is 6. The highest BCUT2D eigenvalue weighted by atomic mass is 16.7. The Labute approximate surface area is 281 Å². The first-order chi connectivity index (χ1) is 22.9. The van der Waals surface area contributed by atoms with Crippen molar-refractivity contribution in [2.45, 2.75) is 133 Å². The first kappa shape index (κ1) is 34.5. The molecule has 2 saturated heterocycles. The molecule has 0 amide bonds. The SMILES string of the molecule is CO[C@@H]1[C@@H](O)[C@H](O[C@H]2CC[C@]3(C)C4=C(CC[C@@H]3C2)C2=CC=C(C3=CC(=O)OC3)[C@@]2(C)CC4)O[C@H](C)[C@@H]1O[C@@H]1O[C@H](CO)[C@@H](O)[C@H](O)[C@H]1O. The fourth-order valence-electron chi connectivity index (χ4n) is 9.70. The minimum Gasteiger partial charge on any atom is -0.458 e. The molecule has 12 nitrogen and oxygen atoms in total. The molecule has 0 bridgehead atoms. The molecule has 3 aliphatic heterocycles. The zero-order chi connectivity index (χ0) is 34.1. The molecule has 1 saturated carbocycles. The van der Waals surface area contributed by atoms with Gasteiger partial charge in [-0.1, -0.05) is 31.6 Å². The topological polar surface area (TPSA) is 174 Å². The Morgan fingerprint density at radius 3 is 2.35 bits per heavy atom. The summed E-state index contributed by atoms with van der Waals surface area (Å²) in [5, 5.41) is 51.8. The van der Waals surface area contributed by atoms with E-state index in [9.17, 15) is 30.3 Å². The second-order valence-corrected chi connectivity index (χ2v) is 15.1. The van der Waals surface area contributed by atoms with Gasteiger partial charge in [-0.15, -0.1) is 0 Å². The number of aliphatic hydroxyl groups excluding tert-OH is 5. The van der Waals surface area contributed by atoms with E-state index < -0.39 is 68.0 Å². The molecule has 7 aliphatic rings. The third-order valence-corrected chi connectivity index (χ3v) is 12.5. The van der Waals surface area contributed by atoms with Crippen molar-refractivity contribution >= 4 is 5.97 Å². The molecule has 0 spiro atoms. The molecule has 7 rings (SSSR count). The summed E-state index contributed by atoms with van der Waals surface area (Å²) in [6.45, 7) is 6.24. The molecule has 0 aromatic heterocycles. The maximum absolute atomic E-state index is 11.8. The van der Waals surface area contributed by atoms with Crippen molar-refractivity contribution in [2.75, 3.05) is 20.3 Å². The molecule has 0 aromatic rings. The molecule has 3 heterocycles. The number of carbonyl (C=O) groups excluding carboxylic acids is 1. The highest BCUT2D eigenvalue weighted by Gasteiger charge is 2.54. The number of hydrogen-bond donors (Lipinski definition) is 5. The van der Waals surface area contributed by atoms with Crippen molar-refractivity contribution in [1.82, 2.24) is 0 Å². The lowest BCUT2D eigenvalue weighted by Crippen LogP contribution is -2.64. The first-order valence-corrected chi connectivity index (χ1v) is 17.4. The molecule has 48 heavy (non-hydrogen) atoms. The number of aliphatic hydroxyl groups is 5. The molecule has 0 unspecified atom stereocenters. The lowest BCUT2D eigenvalue weighted by molar-refractivity contribution is -0.361. The highest BCUT2D eigenvalue weighted by Crippen LogP contribution is 2.63. The summed E-state index contributed by atoms with van der Waals surface area (Å²) in [6.07, 6.45) is 0.871. The Balaban J connectivity index is 1.00. The maximum atomic E-state index is 11.8. The molecule has 12 heteroatoms. The molecule has 0 aromatic carbocycles. The quantitative estimate of drug-likeness (QED) is 0.248. The Hall–Kier alpha value is -1.97. The summed E-state index contributed by atoms with van der Waals surface area (Å²) >= 11 is 0. The zero-order valence-electron chi connectivity index (χ0n) is 28.1. The van der Waals surface area contributed by atoms with E-state index >= 15 is 0 Å². The molecule has 266 valence electrons. The van der Waals surface area contributed by atoms with Crippen LogP contribution in [0, 0.1) is 16.7 Å². The van der Waals surface area contributed by atoms with Crippen molar-refractivity contribution < 1.29 is 58.7 Å². The normalized spacial score (nSPS) is 47.4. The number of hydrogen-bond acceptors (Lipinski definition) is 12. The number of rotatable bonds is 7. The average Bonchev–Trinajstić information content (AvgIpc) is 3.65. The molecular weight excluding hydrogens is 624 g/mol. The molecule has 4 aliphatic carbocycles. The Bertz CT molecular complexity index is 1400. The van der Waals surface area contributed by atoms with Crippen molar-refractivity contribution in [2.24, 2.45) is 16.7 Å². The molecule has 0 radical (unpaired) electrons. The number of esters is 1. The number of cyclic esters (lactones) is 1. The minimum atomic E-state index is -1.59. The van der Waals surface area contributed by atoms with E-state index in [2.05, 4.69) is 26.0 Å². The number of fused-ring (bicyclic) bond motifs is 4. The van der Waals surface area contributed by atoms with E-state index in [1.54, 1.807) is 18.6 Å². The fraction of sp³-hybridized carbons (Fsp3) is 0.750. The van der Waals surface area contributed by atoms with E-state index in [0.717, 1.165) is 50.5 Å². The van der Waals surface area contributed by atoms with Crippen LogP contribution >= 0.6 is 0 Å². The van der Waals surface area contributed by atoms with Gasteiger partial charge in [0.05, 0.1) is 18.8 Å². The molecule has 14 atom stereocenters. The lowest BCUT2D eigenvalue weighted by Gasteiger charge is -2.54. The van der Waals surface area contributed by atoms with Gasteiger partial charge < -0.3 is 54.0 Å². The molecule has 5 N–H and O–H groups in total. The Morgan fingerprint density at radius 1 is 0.896 bits per heavy atom. The van der Waals surface area contributed by atoms with Crippen LogP contribution in [0.25, 0.3) is 0 Å². The van der Waals surface area contributed by atoms with Crippen LogP contribution in [0.5, 0.6) is 0 Å². The zero-order valence-corrected chi connectivity index (χ0v) is 28.1. The minimum absolute atomic E-state index is 0.0583. The summed E-state index contributed by atoms with van der Waals surface area (Å²) in [4.78, 5) is 11.8. The van der Waals surface area contributed by atoms with Gasteiger partial charge in [-0.05, 0) is 79.9 Å². The second kappa shape index (κ2) is 13.0. The van der Waals surface area contributed by atoms with Gasteiger partial charge in [0.15, 0.2) is 12.6 Å². The standard InChI is InChI=1S/C36H50O12/c1-17-31(48-33-29(41)28(40)27(39)25(15-37)47-33)32(43-4)30(42)34(45-17)46-20-9-11-35(2)19(14-20)5-6-21-23-8-7-22(18-13-26(38)44-16-18)36(23,3)12-10-24(21)35/h7-8,13,17,19-20,25,27-34,37,39-42H,5-6,9-12,14-16H2,1-4H3/t17-,19-,20+,25-,27-,28+,29-,30-,31+,32-,33+,34+,35+,36-/m1/s1.